The molecule has 0 fully saturated rings. The Morgan fingerprint density at radius 2 is 2.00 bits per heavy atom. The van der Waals surface area contributed by atoms with Crippen LogP contribution in [0, 0.1) is 11.6 Å². The summed E-state index contributed by atoms with van der Waals surface area (Å²) in [7, 11) is 4.01. The molecule has 1 rings (SSSR count). The van der Waals surface area contributed by atoms with Crippen LogP contribution in [-0.2, 0) is 6.42 Å². The fraction of sp³-hybridized carbons (Fsp3) is 0.571. The Morgan fingerprint density at radius 3 is 2.61 bits per heavy atom. The van der Waals surface area contributed by atoms with Crippen molar-refractivity contribution < 1.29 is 8.78 Å². The zero-order chi connectivity index (χ0) is 13.5. The van der Waals surface area contributed by atoms with Crippen LogP contribution in [0.1, 0.15) is 18.9 Å². The lowest BCUT2D eigenvalue weighted by molar-refractivity contribution is 0.356. The third-order valence-electron chi connectivity index (χ3n) is 2.92. The van der Waals surface area contributed by atoms with Gasteiger partial charge in [0, 0.05) is 6.04 Å². The molecule has 0 aromatic heterocycles. The molecule has 0 heterocycles. The highest BCUT2D eigenvalue weighted by molar-refractivity contribution is 5.20. The number of nitrogens with zero attached hydrogens (tertiary/aromatic N) is 1. The SMILES string of the molecule is CCNC(CCN(C)C)Cc1cccc(F)c1F. The molecule has 102 valence electrons. The van der Waals surface area contributed by atoms with Gasteiger partial charge in [-0.3, -0.25) is 0 Å². The molecule has 2 nitrogen and oxygen atoms in total. The highest BCUT2D eigenvalue weighted by atomic mass is 19.2. The van der Waals surface area contributed by atoms with Crippen molar-refractivity contribution in [2.24, 2.45) is 0 Å². The third kappa shape index (κ3) is 4.70. The highest BCUT2D eigenvalue weighted by Crippen LogP contribution is 2.14. The molecule has 1 atom stereocenters. The molecule has 1 N–H and O–H groups in total. The molecular weight excluding hydrogens is 234 g/mol. The summed E-state index contributed by atoms with van der Waals surface area (Å²) in [4.78, 5) is 2.09. The zero-order valence-electron chi connectivity index (χ0n) is 11.3. The van der Waals surface area contributed by atoms with Gasteiger partial charge >= 0.3 is 0 Å². The molecule has 0 aliphatic heterocycles. The van der Waals surface area contributed by atoms with E-state index >= 15 is 0 Å². The zero-order valence-corrected chi connectivity index (χ0v) is 11.3. The fourth-order valence-electron chi connectivity index (χ4n) is 1.95. The molecule has 0 spiro atoms. The lowest BCUT2D eigenvalue weighted by Gasteiger charge is -2.20. The lowest BCUT2D eigenvalue weighted by Crippen LogP contribution is -2.34. The molecule has 0 aliphatic rings. The number of hydrogen-bond donors (Lipinski definition) is 1. The van der Waals surface area contributed by atoms with Gasteiger partial charge in [-0.1, -0.05) is 19.1 Å². The van der Waals surface area contributed by atoms with E-state index in [0.29, 0.717) is 12.0 Å². The quantitative estimate of drug-likeness (QED) is 0.806. The molecule has 1 unspecified atom stereocenters. The Labute approximate surface area is 108 Å². The molecule has 18 heavy (non-hydrogen) atoms. The number of halogens is 2. The van der Waals surface area contributed by atoms with E-state index in [9.17, 15) is 8.78 Å². The molecule has 0 saturated heterocycles. The summed E-state index contributed by atoms with van der Waals surface area (Å²) >= 11 is 0. The van der Waals surface area contributed by atoms with Gasteiger partial charge in [0.15, 0.2) is 11.6 Å². The Kier molecular flexibility index (Phi) is 6.22. The fourth-order valence-corrected chi connectivity index (χ4v) is 1.95. The maximum absolute atomic E-state index is 13.6. The van der Waals surface area contributed by atoms with Crippen molar-refractivity contribution in [1.82, 2.24) is 10.2 Å². The van der Waals surface area contributed by atoms with E-state index in [-0.39, 0.29) is 6.04 Å². The minimum Gasteiger partial charge on any atom is -0.314 e. The monoisotopic (exact) mass is 256 g/mol. The number of nitrogens with one attached hydrogen (secondary N) is 1. The van der Waals surface area contributed by atoms with Crippen molar-refractivity contribution >= 4 is 0 Å². The van der Waals surface area contributed by atoms with Crippen molar-refractivity contribution in [2.45, 2.75) is 25.8 Å². The largest absolute Gasteiger partial charge is 0.314 e. The van der Waals surface area contributed by atoms with Gasteiger partial charge in [0.2, 0.25) is 0 Å². The second kappa shape index (κ2) is 7.44. The van der Waals surface area contributed by atoms with Crippen LogP contribution in [0.25, 0.3) is 0 Å². The van der Waals surface area contributed by atoms with E-state index in [1.165, 1.54) is 0 Å². The van der Waals surface area contributed by atoms with Crippen LogP contribution in [0.5, 0.6) is 0 Å². The summed E-state index contributed by atoms with van der Waals surface area (Å²) in [6, 6.07) is 4.54. The van der Waals surface area contributed by atoms with Gasteiger partial charge in [-0.15, -0.1) is 0 Å². The van der Waals surface area contributed by atoms with Gasteiger partial charge in [-0.05, 0) is 51.7 Å². The second-order valence-electron chi connectivity index (χ2n) is 4.76. The maximum atomic E-state index is 13.6. The minimum absolute atomic E-state index is 0.175. The van der Waals surface area contributed by atoms with E-state index in [0.717, 1.165) is 25.6 Å². The smallest absolute Gasteiger partial charge is 0.162 e. The van der Waals surface area contributed by atoms with Crippen molar-refractivity contribution in [3.05, 3.63) is 35.4 Å². The highest BCUT2D eigenvalue weighted by Gasteiger charge is 2.13. The Balaban J connectivity index is 2.67. The van der Waals surface area contributed by atoms with Gasteiger partial charge in [-0.2, -0.15) is 0 Å². The first-order valence-corrected chi connectivity index (χ1v) is 6.35. The molecule has 1 aromatic carbocycles. The molecule has 0 amide bonds. The predicted octanol–water partition coefficient (Wildman–Crippen LogP) is 2.44. The van der Waals surface area contributed by atoms with E-state index in [4.69, 9.17) is 0 Å². The average Bonchev–Trinajstić information content (AvgIpc) is 2.32. The average molecular weight is 256 g/mol. The number of rotatable bonds is 7. The van der Waals surface area contributed by atoms with Crippen molar-refractivity contribution in [3.8, 4) is 0 Å². The molecule has 4 heteroatoms. The first-order valence-electron chi connectivity index (χ1n) is 6.35. The maximum Gasteiger partial charge on any atom is 0.162 e. The lowest BCUT2D eigenvalue weighted by atomic mass is 10.0. The number of benzene rings is 1. The van der Waals surface area contributed by atoms with Crippen LogP contribution in [0.3, 0.4) is 0 Å². The van der Waals surface area contributed by atoms with Crippen molar-refractivity contribution in [2.75, 3.05) is 27.2 Å². The summed E-state index contributed by atoms with van der Waals surface area (Å²) in [5.41, 5.74) is 0.444. The predicted molar refractivity (Wildman–Crippen MR) is 70.7 cm³/mol. The van der Waals surface area contributed by atoms with Crippen LogP contribution in [0.15, 0.2) is 18.2 Å². The Bertz CT molecular complexity index is 367. The molecule has 0 saturated carbocycles. The van der Waals surface area contributed by atoms with E-state index in [2.05, 4.69) is 10.2 Å². The molecule has 1 aromatic rings. The molecule has 0 aliphatic carbocycles. The summed E-state index contributed by atoms with van der Waals surface area (Å²) in [6.45, 7) is 3.77. The van der Waals surface area contributed by atoms with Crippen LogP contribution in [0.4, 0.5) is 8.78 Å². The second-order valence-corrected chi connectivity index (χ2v) is 4.76. The van der Waals surface area contributed by atoms with Gasteiger partial charge in [0.25, 0.3) is 0 Å². The standard InChI is InChI=1S/C14H22F2N2/c1-4-17-12(8-9-18(2)3)10-11-6-5-7-13(15)14(11)16/h5-7,12,17H,4,8-10H2,1-3H3. The normalized spacial score (nSPS) is 13.0. The van der Waals surface area contributed by atoms with Crippen LogP contribution >= 0.6 is 0 Å². The van der Waals surface area contributed by atoms with Gasteiger partial charge in [-0.25, -0.2) is 8.78 Å². The van der Waals surface area contributed by atoms with Crippen LogP contribution in [0.2, 0.25) is 0 Å². The summed E-state index contributed by atoms with van der Waals surface area (Å²) < 4.78 is 26.7. The number of likely N-dealkylation sites (N-methyl/N-ethyl adjacent to an activating group) is 1. The topological polar surface area (TPSA) is 15.3 Å². The van der Waals surface area contributed by atoms with Crippen LogP contribution < -0.4 is 5.32 Å². The first kappa shape index (κ1) is 15.1. The number of hydrogen-bond acceptors (Lipinski definition) is 2. The van der Waals surface area contributed by atoms with Crippen LogP contribution in [-0.4, -0.2) is 38.1 Å². The third-order valence-corrected chi connectivity index (χ3v) is 2.92. The Morgan fingerprint density at radius 1 is 1.28 bits per heavy atom. The summed E-state index contributed by atoms with van der Waals surface area (Å²) in [5.74, 6) is -1.49. The minimum atomic E-state index is -0.768. The van der Waals surface area contributed by atoms with E-state index in [1.807, 2.05) is 21.0 Å². The van der Waals surface area contributed by atoms with E-state index in [1.54, 1.807) is 12.1 Å². The van der Waals surface area contributed by atoms with Crippen molar-refractivity contribution in [1.29, 1.82) is 0 Å². The molecule has 0 radical (unpaired) electrons. The Hall–Kier alpha value is -1.00. The molecule has 0 bridgehead atoms. The van der Waals surface area contributed by atoms with Crippen molar-refractivity contribution in [3.63, 3.8) is 0 Å². The first-order chi connectivity index (χ1) is 8.54. The van der Waals surface area contributed by atoms with Gasteiger partial charge in [0.05, 0.1) is 0 Å². The summed E-state index contributed by atoms with van der Waals surface area (Å²) in [6.07, 6.45) is 1.43. The molecular formula is C14H22F2N2. The van der Waals surface area contributed by atoms with Gasteiger partial charge in [0.1, 0.15) is 0 Å². The van der Waals surface area contributed by atoms with E-state index < -0.39 is 11.6 Å². The summed E-state index contributed by atoms with van der Waals surface area (Å²) in [5, 5.41) is 3.32. The van der Waals surface area contributed by atoms with Gasteiger partial charge < -0.3 is 10.2 Å².